The Morgan fingerprint density at radius 3 is 2.53 bits per heavy atom. The van der Waals surface area contributed by atoms with Gasteiger partial charge in [0.05, 0.1) is 12.2 Å². The van der Waals surface area contributed by atoms with Crippen molar-refractivity contribution in [3.63, 3.8) is 0 Å². The zero-order valence-electron chi connectivity index (χ0n) is 17.7. The molecule has 1 aromatic heterocycles. The van der Waals surface area contributed by atoms with Crippen molar-refractivity contribution in [1.82, 2.24) is 15.2 Å². The number of halogens is 4. The van der Waals surface area contributed by atoms with E-state index < -0.39 is 12.8 Å². The molecule has 1 aliphatic heterocycles. The average Bonchev–Trinajstić information content (AvgIpc) is 2.76. The average molecular weight is 565 g/mol. The van der Waals surface area contributed by atoms with Crippen LogP contribution >= 0.6 is 24.0 Å². The maximum atomic E-state index is 12.5. The number of benzene rings is 1. The van der Waals surface area contributed by atoms with E-state index in [-0.39, 0.29) is 42.2 Å². The van der Waals surface area contributed by atoms with Crippen LogP contribution in [-0.2, 0) is 6.54 Å². The summed E-state index contributed by atoms with van der Waals surface area (Å²) in [5.74, 6) is 0.855. The van der Waals surface area contributed by atoms with Gasteiger partial charge in [0.25, 0.3) is 0 Å². The van der Waals surface area contributed by atoms with Crippen LogP contribution in [0.3, 0.4) is 0 Å². The van der Waals surface area contributed by atoms with Crippen molar-refractivity contribution in [2.75, 3.05) is 44.2 Å². The first-order valence-corrected chi connectivity index (χ1v) is 10.1. The van der Waals surface area contributed by atoms with Crippen LogP contribution in [0.15, 0.2) is 47.6 Å². The highest BCUT2D eigenvalue weighted by atomic mass is 127. The summed E-state index contributed by atoms with van der Waals surface area (Å²) in [4.78, 5) is 12.7. The summed E-state index contributed by atoms with van der Waals surface area (Å²) in [7, 11) is 0. The highest BCUT2D eigenvalue weighted by molar-refractivity contribution is 14.0. The molecule has 0 radical (unpaired) electrons. The number of nitrogens with zero attached hydrogens (tertiary/aromatic N) is 4. The van der Waals surface area contributed by atoms with Crippen molar-refractivity contribution in [3.05, 3.63) is 48.2 Å². The van der Waals surface area contributed by atoms with Gasteiger partial charge in [0, 0.05) is 44.5 Å². The van der Waals surface area contributed by atoms with Gasteiger partial charge < -0.3 is 25.0 Å². The maximum Gasteiger partial charge on any atom is 0.422 e. The Balaban J connectivity index is 0.00000363. The molecule has 1 aromatic carbocycles. The van der Waals surface area contributed by atoms with Gasteiger partial charge in [-0.15, -0.1) is 24.0 Å². The molecule has 2 aromatic rings. The number of hydrogen-bond acceptors (Lipinski definition) is 5. The summed E-state index contributed by atoms with van der Waals surface area (Å²) in [5, 5.41) is 13.3. The number of anilines is 1. The normalized spacial score (nSPS) is 14.7. The highest BCUT2D eigenvalue weighted by Gasteiger charge is 2.29. The second-order valence-electron chi connectivity index (χ2n) is 7.00. The van der Waals surface area contributed by atoms with Crippen LogP contribution in [0.4, 0.5) is 18.9 Å². The van der Waals surface area contributed by atoms with Gasteiger partial charge >= 0.3 is 6.18 Å². The second kappa shape index (κ2) is 12.0. The number of pyridine rings is 1. The number of guanidine groups is 1. The van der Waals surface area contributed by atoms with E-state index in [0.29, 0.717) is 44.2 Å². The molecule has 0 aliphatic carbocycles. The van der Waals surface area contributed by atoms with E-state index in [1.54, 1.807) is 24.3 Å². The molecule has 0 amide bonds. The zero-order valence-corrected chi connectivity index (χ0v) is 20.0. The van der Waals surface area contributed by atoms with Crippen LogP contribution in [0.25, 0.3) is 0 Å². The number of nitrogens with one attached hydrogen (secondary N) is 1. The number of para-hydroxylation sites is 2. The second-order valence-corrected chi connectivity index (χ2v) is 7.00. The fourth-order valence-corrected chi connectivity index (χ4v) is 3.30. The lowest BCUT2D eigenvalue weighted by Gasteiger charge is -2.37. The lowest BCUT2D eigenvalue weighted by atomic mass is 10.2. The van der Waals surface area contributed by atoms with E-state index in [1.807, 2.05) is 19.1 Å². The van der Waals surface area contributed by atoms with E-state index in [2.05, 4.69) is 25.1 Å². The molecule has 0 spiro atoms. The van der Waals surface area contributed by atoms with Crippen molar-refractivity contribution in [3.8, 4) is 11.6 Å². The smallest absolute Gasteiger partial charge is 0.422 e. The van der Waals surface area contributed by atoms with E-state index in [0.717, 1.165) is 5.69 Å². The third-order valence-corrected chi connectivity index (χ3v) is 4.76. The van der Waals surface area contributed by atoms with Gasteiger partial charge in [-0.3, -0.25) is 0 Å². The van der Waals surface area contributed by atoms with Gasteiger partial charge in [-0.2, -0.15) is 13.2 Å². The largest absolute Gasteiger partial charge is 0.506 e. The Hall–Kier alpha value is -2.44. The van der Waals surface area contributed by atoms with Crippen molar-refractivity contribution >= 4 is 35.6 Å². The first-order chi connectivity index (χ1) is 14.9. The zero-order chi connectivity index (χ0) is 22.3. The summed E-state index contributed by atoms with van der Waals surface area (Å²) in [6.45, 7) is 4.13. The highest BCUT2D eigenvalue weighted by Crippen LogP contribution is 2.27. The maximum absolute atomic E-state index is 12.5. The summed E-state index contributed by atoms with van der Waals surface area (Å²) in [6.07, 6.45) is -3.04. The molecule has 0 unspecified atom stereocenters. The Morgan fingerprint density at radius 1 is 1.16 bits per heavy atom. The number of aromatic nitrogens is 1. The number of phenolic OH excluding ortho intramolecular Hbond substituents is 1. The van der Waals surface area contributed by atoms with Gasteiger partial charge in [-0.25, -0.2) is 9.98 Å². The van der Waals surface area contributed by atoms with Crippen molar-refractivity contribution in [2.45, 2.75) is 19.6 Å². The molecule has 0 atom stereocenters. The first kappa shape index (κ1) is 25.8. The standard InChI is InChI=1S/C21H26F3N5O2.HI/c1-2-25-20(27-14-16-6-5-9-26-19(16)31-15-21(22,23)24)29-12-10-28(11-13-29)17-7-3-4-8-18(17)30;/h3-9,30H,2,10-15H2,1H3,(H,25,27);1H. The molecule has 32 heavy (non-hydrogen) atoms. The summed E-state index contributed by atoms with van der Waals surface area (Å²) in [6, 6.07) is 10.5. The van der Waals surface area contributed by atoms with E-state index in [1.165, 1.54) is 6.20 Å². The van der Waals surface area contributed by atoms with Gasteiger partial charge in [0.15, 0.2) is 12.6 Å². The minimum Gasteiger partial charge on any atom is -0.506 e. The van der Waals surface area contributed by atoms with Crippen molar-refractivity contribution < 1.29 is 23.0 Å². The lowest BCUT2D eigenvalue weighted by Crippen LogP contribution is -2.52. The minimum absolute atomic E-state index is 0. The Labute approximate surface area is 202 Å². The van der Waals surface area contributed by atoms with E-state index >= 15 is 0 Å². The molecule has 0 bridgehead atoms. The molecule has 0 saturated carbocycles. The number of ether oxygens (including phenoxy) is 1. The minimum atomic E-state index is -4.43. The molecule has 11 heteroatoms. The molecule has 176 valence electrons. The van der Waals surface area contributed by atoms with Crippen molar-refractivity contribution in [1.29, 1.82) is 0 Å². The fourth-order valence-electron chi connectivity index (χ4n) is 3.30. The number of alkyl halides is 3. The van der Waals surface area contributed by atoms with Gasteiger partial charge in [-0.1, -0.05) is 18.2 Å². The Bertz CT molecular complexity index is 890. The summed E-state index contributed by atoms with van der Waals surface area (Å²) < 4.78 is 42.3. The first-order valence-electron chi connectivity index (χ1n) is 10.1. The molecule has 1 aliphatic rings. The predicted octanol–water partition coefficient (Wildman–Crippen LogP) is 3.63. The molecular weight excluding hydrogens is 538 g/mol. The number of rotatable bonds is 6. The number of piperazine rings is 1. The third kappa shape index (κ3) is 7.31. The number of phenols is 1. The molecule has 1 saturated heterocycles. The van der Waals surface area contributed by atoms with E-state index in [9.17, 15) is 18.3 Å². The monoisotopic (exact) mass is 565 g/mol. The molecule has 3 rings (SSSR count). The Morgan fingerprint density at radius 2 is 1.88 bits per heavy atom. The van der Waals surface area contributed by atoms with Crippen LogP contribution in [0.1, 0.15) is 12.5 Å². The molecule has 2 N–H and O–H groups in total. The number of hydrogen-bond donors (Lipinski definition) is 2. The molecule has 7 nitrogen and oxygen atoms in total. The van der Waals surface area contributed by atoms with Crippen molar-refractivity contribution in [2.24, 2.45) is 4.99 Å². The van der Waals surface area contributed by atoms with E-state index in [4.69, 9.17) is 4.74 Å². The van der Waals surface area contributed by atoms with Crippen LogP contribution in [0.2, 0.25) is 0 Å². The number of aliphatic imine (C=N–C) groups is 1. The fraction of sp³-hybridized carbons (Fsp3) is 0.429. The van der Waals surface area contributed by atoms with Gasteiger partial charge in [0.1, 0.15) is 5.75 Å². The third-order valence-electron chi connectivity index (χ3n) is 4.76. The molecule has 2 heterocycles. The van der Waals surface area contributed by atoms with Crippen LogP contribution < -0.4 is 15.0 Å². The van der Waals surface area contributed by atoms with Crippen LogP contribution in [0, 0.1) is 0 Å². The number of aromatic hydroxyl groups is 1. The summed E-state index contributed by atoms with van der Waals surface area (Å²) >= 11 is 0. The quantitative estimate of drug-likeness (QED) is 0.317. The van der Waals surface area contributed by atoms with Gasteiger partial charge in [0.2, 0.25) is 5.88 Å². The van der Waals surface area contributed by atoms with Gasteiger partial charge in [-0.05, 0) is 25.1 Å². The topological polar surface area (TPSA) is 73.2 Å². The van der Waals surface area contributed by atoms with Crippen LogP contribution in [0.5, 0.6) is 11.6 Å². The Kier molecular flexibility index (Phi) is 9.66. The lowest BCUT2D eigenvalue weighted by molar-refractivity contribution is -0.154. The predicted molar refractivity (Wildman–Crippen MR) is 128 cm³/mol. The van der Waals surface area contributed by atoms with Crippen LogP contribution in [-0.4, -0.2) is 66.5 Å². The molecular formula is C21H27F3IN5O2. The SMILES string of the molecule is CCNC(=NCc1cccnc1OCC(F)(F)F)N1CCN(c2ccccc2O)CC1.I. The summed E-state index contributed by atoms with van der Waals surface area (Å²) in [5.41, 5.74) is 1.28. The molecule has 1 fully saturated rings.